The number of rotatable bonds is 0. The van der Waals surface area contributed by atoms with E-state index in [0.29, 0.717) is 0 Å². The topological polar surface area (TPSA) is 466 Å². The van der Waals surface area contributed by atoms with Gasteiger partial charge in [0.25, 0.3) is 0 Å². The molecule has 0 spiro atoms. The Labute approximate surface area is 302 Å². The van der Waals surface area contributed by atoms with Gasteiger partial charge < -0.3 is 97.6 Å². The molecule has 0 heterocycles. The first-order valence-electron chi connectivity index (χ1n) is 3.06. The number of hydrogen-bond acceptors (Lipinski definition) is 20. The normalized spacial score (nSPS) is 3.87. The van der Waals surface area contributed by atoms with Gasteiger partial charge in [0, 0.05) is 45.9 Å². The zero-order valence-electron chi connectivity index (χ0n) is 14.0. The van der Waals surface area contributed by atoms with Crippen LogP contribution in [0.4, 0.5) is 0 Å². The summed E-state index contributed by atoms with van der Waals surface area (Å²) in [4.78, 5) is 85.2. The van der Waals surface area contributed by atoms with Crippen LogP contribution in [0.5, 0.6) is 0 Å². The fourth-order valence-electron chi connectivity index (χ4n) is 0. The van der Waals surface area contributed by atoms with Crippen molar-refractivity contribution >= 4 is 159 Å². The Morgan fingerprint density at radius 1 is 0.290 bits per heavy atom. The molecule has 0 aromatic heterocycles. The fraction of sp³-hybridized carbons (Fsp3) is 0. The molecule has 0 saturated heterocycles. The second-order valence-electron chi connectivity index (χ2n) is 1.25. The first-order valence-corrected chi connectivity index (χ1v) is 9.19. The van der Waals surface area contributed by atoms with Crippen LogP contribution >= 0.6 is 0 Å². The van der Waals surface area contributed by atoms with Crippen LogP contribution in [0.25, 0.3) is 0 Å². The number of hydrogen-bond donors (Lipinski definition) is 0. The SMILES string of the molecule is O=[Si]([O-])[O-].O=[Si]([O-])[O-].O=[Si]([O-])[O-].O=[Si]([O-])[O-].O=[Si]([O-])[O-].[Ca+2].[Ca+2].[Ca+2].[Fe+3].[Fe+3].[Fe+3].[OH-].[OH-].[OH-].[OH-].[OH-]. The molecule has 0 rings (SSSR count). The van der Waals surface area contributed by atoms with E-state index in [0.717, 1.165) is 0 Å². The van der Waals surface area contributed by atoms with Crippen LogP contribution in [-0.4, -0.2) is 186 Å². The molecule has 0 aliphatic rings. The van der Waals surface area contributed by atoms with Crippen LogP contribution in [0.3, 0.4) is 0 Å². The summed E-state index contributed by atoms with van der Waals surface area (Å²) in [5.41, 5.74) is 0. The quantitative estimate of drug-likeness (QED) is 0.207. The maximum Gasteiger partial charge on any atom is 3.00 e. The van der Waals surface area contributed by atoms with E-state index in [1.165, 1.54) is 0 Å². The molecular formula is H5Ca3Fe3O20Si5. The molecule has 0 unspecified atom stereocenters. The third-order valence-electron chi connectivity index (χ3n) is 0. The van der Waals surface area contributed by atoms with Crippen molar-refractivity contribution in [1.82, 2.24) is 0 Å². The van der Waals surface area contributed by atoms with Crippen molar-refractivity contribution in [3.8, 4) is 0 Å². The average molecular weight is 753 g/mol. The predicted molar refractivity (Wildman–Crippen MR) is 59.1 cm³/mol. The van der Waals surface area contributed by atoms with Gasteiger partial charge in [-0.25, -0.2) is 0 Å². The largest absolute Gasteiger partial charge is 3.00 e. The summed E-state index contributed by atoms with van der Waals surface area (Å²) in [6.07, 6.45) is 0. The van der Waals surface area contributed by atoms with E-state index in [9.17, 15) is 0 Å². The smallest absolute Gasteiger partial charge is 0.870 e. The van der Waals surface area contributed by atoms with Gasteiger partial charge in [0.2, 0.25) is 0 Å². The summed E-state index contributed by atoms with van der Waals surface area (Å²) in [6.45, 7) is 0. The van der Waals surface area contributed by atoms with Crippen molar-refractivity contribution in [1.29, 1.82) is 0 Å². The third-order valence-corrected chi connectivity index (χ3v) is 0. The zero-order chi connectivity index (χ0) is 17.9. The average Bonchev–Trinajstić information content (AvgIpc) is 1.94. The molecule has 0 saturated carbocycles. The molecule has 20 nitrogen and oxygen atoms in total. The fourth-order valence-corrected chi connectivity index (χ4v) is 0. The summed E-state index contributed by atoms with van der Waals surface area (Å²) >= 11 is 0. The molecule has 0 aliphatic carbocycles. The molecule has 0 fully saturated rings. The van der Waals surface area contributed by atoms with E-state index in [-0.39, 0.29) is 192 Å². The van der Waals surface area contributed by atoms with E-state index in [2.05, 4.69) is 0 Å². The van der Waals surface area contributed by atoms with Crippen molar-refractivity contribution < 1.29 is 149 Å². The van der Waals surface area contributed by atoms with Crippen molar-refractivity contribution in [2.75, 3.05) is 0 Å². The van der Waals surface area contributed by atoms with E-state index in [4.69, 9.17) is 70.3 Å². The van der Waals surface area contributed by atoms with Crippen molar-refractivity contribution in [3.63, 3.8) is 0 Å². The summed E-state index contributed by atoms with van der Waals surface area (Å²) in [7, 11) is -18.1. The van der Waals surface area contributed by atoms with Crippen LogP contribution < -0.4 is 48.0 Å². The van der Waals surface area contributed by atoms with Gasteiger partial charge in [-0.15, -0.1) is 0 Å². The van der Waals surface area contributed by atoms with Crippen LogP contribution in [0, 0.1) is 0 Å². The maximum absolute atomic E-state index is 8.52. The molecule has 0 amide bonds. The molecule has 175 valence electrons. The summed E-state index contributed by atoms with van der Waals surface area (Å²) < 4.78 is 42.6. The standard InChI is InChI=1S/3Ca.3Fe.5O3Si.5H2O/c;;;;;;5*1-4(2)3;;;;;/h;;;;;;;;;;;5*1H2/q3*+2;3*+3;5*-2;;;;;/p-5. The zero-order valence-corrected chi connectivity index (χ0v) is 29.0. The molecule has 5 N–H and O–H groups in total. The molecule has 0 bridgehead atoms. The van der Waals surface area contributed by atoms with Crippen LogP contribution in [0.2, 0.25) is 0 Å². The first-order chi connectivity index (χ1) is 8.66. The Morgan fingerprint density at radius 3 is 0.290 bits per heavy atom. The minimum absolute atomic E-state index is 0. The predicted octanol–water partition coefficient (Wildman–Crippen LogP) is -16.4. The van der Waals surface area contributed by atoms with Crippen molar-refractivity contribution in [2.45, 2.75) is 0 Å². The Morgan fingerprint density at radius 2 is 0.290 bits per heavy atom. The van der Waals surface area contributed by atoms with Crippen molar-refractivity contribution in [2.24, 2.45) is 0 Å². The van der Waals surface area contributed by atoms with Gasteiger partial charge >= 0.3 is 164 Å². The third kappa shape index (κ3) is 3120. The molecule has 0 atom stereocenters. The maximum atomic E-state index is 8.52. The Balaban J connectivity index is -0.00000000595. The van der Waals surface area contributed by atoms with Gasteiger partial charge in [0.1, 0.15) is 0 Å². The van der Waals surface area contributed by atoms with Gasteiger partial charge in [-0.05, 0) is 0 Å². The molecular weight excluding hydrogens is 748 g/mol. The monoisotopic (exact) mass is 753 g/mol. The van der Waals surface area contributed by atoms with Gasteiger partial charge in [-0.2, -0.15) is 0 Å². The molecule has 0 aliphatic heterocycles. The summed E-state index contributed by atoms with van der Waals surface area (Å²) in [5.74, 6) is 0. The van der Waals surface area contributed by atoms with Gasteiger partial charge in [-0.3, -0.25) is 0 Å². The van der Waals surface area contributed by atoms with E-state index in [1.807, 2.05) is 0 Å². The first kappa shape index (κ1) is 114. The Hall–Kier alpha value is 3.22. The minimum atomic E-state index is -3.63. The minimum Gasteiger partial charge on any atom is -0.870 e. The summed E-state index contributed by atoms with van der Waals surface area (Å²) in [5, 5.41) is 0. The Kier molecular flexibility index (Phi) is 381. The van der Waals surface area contributed by atoms with E-state index in [1.54, 1.807) is 0 Å². The molecule has 0 aromatic carbocycles. The molecule has 31 heavy (non-hydrogen) atoms. The van der Waals surface area contributed by atoms with E-state index < -0.39 is 45.9 Å². The summed E-state index contributed by atoms with van der Waals surface area (Å²) in [6, 6.07) is 0. The molecule has 3 radical (unpaired) electrons. The van der Waals surface area contributed by atoms with Crippen molar-refractivity contribution in [3.05, 3.63) is 0 Å². The second-order valence-corrected chi connectivity index (χ2v) is 3.75. The van der Waals surface area contributed by atoms with E-state index >= 15 is 0 Å². The second kappa shape index (κ2) is 104. The molecule has 0 aromatic rings. The van der Waals surface area contributed by atoms with Gasteiger partial charge in [0.05, 0.1) is 0 Å². The Bertz CT molecular complexity index is 231. The molecule has 31 heteroatoms. The van der Waals surface area contributed by atoms with Gasteiger partial charge in [0.15, 0.2) is 0 Å². The van der Waals surface area contributed by atoms with Gasteiger partial charge in [-0.1, -0.05) is 0 Å². The van der Waals surface area contributed by atoms with Crippen LogP contribution in [0.1, 0.15) is 0 Å². The van der Waals surface area contributed by atoms with Crippen LogP contribution in [-0.2, 0) is 73.5 Å². The van der Waals surface area contributed by atoms with Crippen LogP contribution in [0.15, 0.2) is 0 Å².